The Kier molecular flexibility index (Phi) is 3.59. The fraction of sp³-hybridized carbons (Fsp3) is 0.417. The number of aliphatic carboxylic acids is 1. The molecule has 0 spiro atoms. The van der Waals surface area contributed by atoms with Crippen LogP contribution in [0.3, 0.4) is 0 Å². The van der Waals surface area contributed by atoms with Crippen LogP contribution in [0.1, 0.15) is 13.3 Å². The molecule has 1 aliphatic heterocycles. The van der Waals surface area contributed by atoms with E-state index in [1.807, 2.05) is 0 Å². The van der Waals surface area contributed by atoms with Gasteiger partial charge in [-0.25, -0.2) is 8.42 Å². The second-order valence-electron chi connectivity index (χ2n) is 4.91. The molecule has 1 saturated heterocycles. The van der Waals surface area contributed by atoms with Gasteiger partial charge in [0.05, 0.1) is 10.3 Å². The van der Waals surface area contributed by atoms with E-state index in [-0.39, 0.29) is 18.0 Å². The average molecular weight is 304 g/mol. The number of sulfonamides is 1. The maximum absolute atomic E-state index is 12.3. The summed E-state index contributed by atoms with van der Waals surface area (Å²) < 4.78 is 25.9. The normalized spacial score (nSPS) is 24.5. The van der Waals surface area contributed by atoms with Gasteiger partial charge in [0.25, 0.3) is 0 Å². The van der Waals surface area contributed by atoms with Crippen LogP contribution < -0.4 is 0 Å². The lowest BCUT2D eigenvalue weighted by Gasteiger charge is -2.20. The van der Waals surface area contributed by atoms with Crippen molar-refractivity contribution >= 4 is 27.6 Å². The second kappa shape index (κ2) is 4.77. The molecule has 19 heavy (non-hydrogen) atoms. The molecular formula is C12H14ClNO4S. The highest BCUT2D eigenvalue weighted by Gasteiger charge is 2.44. The van der Waals surface area contributed by atoms with E-state index in [1.165, 1.54) is 28.6 Å². The lowest BCUT2D eigenvalue weighted by molar-refractivity contribution is -0.146. The molecule has 1 aromatic rings. The average Bonchev–Trinajstić information content (AvgIpc) is 2.75. The Hall–Kier alpha value is -1.11. The zero-order valence-corrected chi connectivity index (χ0v) is 11.9. The summed E-state index contributed by atoms with van der Waals surface area (Å²) in [5.41, 5.74) is -1.01. The lowest BCUT2D eigenvalue weighted by atomic mass is 9.90. The Bertz CT molecular complexity index is 599. The van der Waals surface area contributed by atoms with Crippen LogP contribution in [0.5, 0.6) is 0 Å². The van der Waals surface area contributed by atoms with E-state index in [9.17, 15) is 13.2 Å². The topological polar surface area (TPSA) is 74.7 Å². The fourth-order valence-corrected chi connectivity index (χ4v) is 3.74. The van der Waals surface area contributed by atoms with Crippen molar-refractivity contribution in [2.45, 2.75) is 18.2 Å². The number of nitrogens with zero attached hydrogens (tertiary/aromatic N) is 1. The number of halogens is 1. The van der Waals surface area contributed by atoms with Crippen molar-refractivity contribution in [3.8, 4) is 0 Å². The molecule has 1 N–H and O–H groups in total. The summed E-state index contributed by atoms with van der Waals surface area (Å²) in [5.74, 6) is -0.971. The number of carboxylic acid groups (broad SMARTS) is 1. The standard InChI is InChI=1S/C12H14ClNO4S/c1-12(11(15)16)6-7-14(8-12)19(17,18)10-4-2-9(13)3-5-10/h2-5H,6-8H2,1H3,(H,15,16). The van der Waals surface area contributed by atoms with Gasteiger partial charge >= 0.3 is 5.97 Å². The van der Waals surface area contributed by atoms with Crippen LogP contribution in [0.2, 0.25) is 5.02 Å². The summed E-state index contributed by atoms with van der Waals surface area (Å²) >= 11 is 5.72. The van der Waals surface area contributed by atoms with Gasteiger partial charge in [0.15, 0.2) is 0 Å². The van der Waals surface area contributed by atoms with Gasteiger partial charge < -0.3 is 5.11 Å². The molecule has 0 radical (unpaired) electrons. The van der Waals surface area contributed by atoms with Crippen LogP contribution in [0.25, 0.3) is 0 Å². The quantitative estimate of drug-likeness (QED) is 0.924. The number of hydrogen-bond acceptors (Lipinski definition) is 3. The summed E-state index contributed by atoms with van der Waals surface area (Å²) in [5, 5.41) is 9.58. The predicted molar refractivity (Wildman–Crippen MR) is 70.6 cm³/mol. The van der Waals surface area contributed by atoms with Crippen molar-refractivity contribution in [1.29, 1.82) is 0 Å². The second-order valence-corrected chi connectivity index (χ2v) is 7.28. The van der Waals surface area contributed by atoms with Gasteiger partial charge in [-0.1, -0.05) is 11.6 Å². The van der Waals surface area contributed by atoms with Gasteiger partial charge in [0.2, 0.25) is 10.0 Å². The third-order valence-corrected chi connectivity index (χ3v) is 5.52. The van der Waals surface area contributed by atoms with Crippen molar-refractivity contribution in [3.05, 3.63) is 29.3 Å². The fourth-order valence-electron chi connectivity index (χ4n) is 2.05. The molecule has 1 unspecified atom stereocenters. The minimum Gasteiger partial charge on any atom is -0.481 e. The van der Waals surface area contributed by atoms with E-state index in [4.69, 9.17) is 16.7 Å². The van der Waals surface area contributed by atoms with Gasteiger partial charge in [-0.2, -0.15) is 4.31 Å². The van der Waals surface area contributed by atoms with E-state index in [2.05, 4.69) is 0 Å². The minimum atomic E-state index is -3.65. The third-order valence-electron chi connectivity index (χ3n) is 3.41. The molecule has 0 aliphatic carbocycles. The van der Waals surface area contributed by atoms with Crippen LogP contribution >= 0.6 is 11.6 Å². The van der Waals surface area contributed by atoms with Gasteiger partial charge in [0, 0.05) is 18.1 Å². The van der Waals surface area contributed by atoms with Crippen LogP contribution in [-0.4, -0.2) is 36.9 Å². The number of carbonyl (C=O) groups is 1. The largest absolute Gasteiger partial charge is 0.481 e. The highest BCUT2D eigenvalue weighted by Crippen LogP contribution is 2.33. The highest BCUT2D eigenvalue weighted by molar-refractivity contribution is 7.89. The molecule has 0 bridgehead atoms. The molecule has 1 atom stereocenters. The summed E-state index contributed by atoms with van der Waals surface area (Å²) in [4.78, 5) is 11.3. The molecule has 1 aromatic carbocycles. The van der Waals surface area contributed by atoms with E-state index < -0.39 is 21.4 Å². The Morgan fingerprint density at radius 3 is 2.42 bits per heavy atom. The number of hydrogen-bond donors (Lipinski definition) is 1. The molecular weight excluding hydrogens is 290 g/mol. The Morgan fingerprint density at radius 2 is 1.95 bits per heavy atom. The first-order valence-corrected chi connectivity index (χ1v) is 7.57. The molecule has 0 amide bonds. The number of benzene rings is 1. The first-order valence-electron chi connectivity index (χ1n) is 5.75. The molecule has 0 aromatic heterocycles. The highest BCUT2D eigenvalue weighted by atomic mass is 35.5. The summed E-state index contributed by atoms with van der Waals surface area (Å²) in [7, 11) is -3.65. The van der Waals surface area contributed by atoms with Gasteiger partial charge in [0.1, 0.15) is 0 Å². The smallest absolute Gasteiger partial charge is 0.310 e. The van der Waals surface area contributed by atoms with Crippen molar-refractivity contribution in [2.24, 2.45) is 5.41 Å². The first kappa shape index (κ1) is 14.3. The molecule has 0 saturated carbocycles. The maximum Gasteiger partial charge on any atom is 0.310 e. The van der Waals surface area contributed by atoms with E-state index in [0.717, 1.165) is 0 Å². The van der Waals surface area contributed by atoms with Crippen molar-refractivity contribution in [2.75, 3.05) is 13.1 Å². The van der Waals surface area contributed by atoms with Gasteiger partial charge in [-0.05, 0) is 37.6 Å². The molecule has 7 heteroatoms. The third kappa shape index (κ3) is 2.61. The van der Waals surface area contributed by atoms with Gasteiger partial charge in [-0.15, -0.1) is 0 Å². The summed E-state index contributed by atoms with van der Waals surface area (Å²) in [6, 6.07) is 5.85. The van der Waals surface area contributed by atoms with Crippen LogP contribution in [0.4, 0.5) is 0 Å². The van der Waals surface area contributed by atoms with Crippen molar-refractivity contribution in [3.63, 3.8) is 0 Å². The summed E-state index contributed by atoms with van der Waals surface area (Å²) in [6.07, 6.45) is 0.315. The minimum absolute atomic E-state index is 0.00665. The molecule has 1 aliphatic rings. The lowest BCUT2D eigenvalue weighted by Crippen LogP contribution is -2.34. The van der Waals surface area contributed by atoms with Crippen molar-refractivity contribution < 1.29 is 18.3 Å². The first-order chi connectivity index (χ1) is 8.75. The Labute approximate surface area is 116 Å². The number of rotatable bonds is 3. The number of carboxylic acids is 1. The molecule has 1 heterocycles. The van der Waals surface area contributed by atoms with Crippen LogP contribution in [-0.2, 0) is 14.8 Å². The monoisotopic (exact) mass is 303 g/mol. The van der Waals surface area contributed by atoms with E-state index >= 15 is 0 Å². The summed E-state index contributed by atoms with van der Waals surface area (Å²) in [6.45, 7) is 1.77. The molecule has 104 valence electrons. The Morgan fingerprint density at radius 1 is 1.37 bits per heavy atom. The van der Waals surface area contributed by atoms with Gasteiger partial charge in [-0.3, -0.25) is 4.79 Å². The molecule has 5 nitrogen and oxygen atoms in total. The molecule has 2 rings (SSSR count). The van der Waals surface area contributed by atoms with E-state index in [0.29, 0.717) is 11.4 Å². The Balaban J connectivity index is 2.28. The van der Waals surface area contributed by atoms with E-state index in [1.54, 1.807) is 6.92 Å². The maximum atomic E-state index is 12.3. The van der Waals surface area contributed by atoms with Crippen LogP contribution in [0.15, 0.2) is 29.2 Å². The SMILES string of the molecule is CC1(C(=O)O)CCN(S(=O)(=O)c2ccc(Cl)cc2)C1. The zero-order chi connectivity index (χ0) is 14.3. The van der Waals surface area contributed by atoms with Crippen molar-refractivity contribution in [1.82, 2.24) is 4.31 Å². The zero-order valence-electron chi connectivity index (χ0n) is 10.3. The van der Waals surface area contributed by atoms with Crippen LogP contribution in [0, 0.1) is 5.41 Å². The predicted octanol–water partition coefficient (Wildman–Crippen LogP) is 1.83. The molecule has 1 fully saturated rings.